The first-order valence-electron chi connectivity index (χ1n) is 5.58. The molecule has 0 saturated carbocycles. The van der Waals surface area contributed by atoms with E-state index in [1.54, 1.807) is 6.07 Å². The number of methoxy groups -OCH3 is 1. The van der Waals surface area contributed by atoms with Crippen LogP contribution in [-0.4, -0.2) is 23.0 Å². The minimum atomic E-state index is -0.699. The zero-order chi connectivity index (χ0) is 13.7. The maximum atomic E-state index is 12.1. The van der Waals surface area contributed by atoms with Gasteiger partial charge in [0.25, 0.3) is 5.91 Å². The number of anilines is 1. The highest BCUT2D eigenvalue weighted by Gasteiger charge is 2.20. The number of nitrogens with one attached hydrogen (secondary N) is 1. The van der Waals surface area contributed by atoms with E-state index in [0.29, 0.717) is 5.82 Å². The van der Waals surface area contributed by atoms with Crippen molar-refractivity contribution in [1.29, 1.82) is 0 Å². The number of benzene rings is 1. The van der Waals surface area contributed by atoms with Crippen molar-refractivity contribution in [3.05, 3.63) is 53.4 Å². The molecule has 0 spiro atoms. The van der Waals surface area contributed by atoms with Crippen molar-refractivity contribution in [2.45, 2.75) is 6.10 Å². The van der Waals surface area contributed by atoms with Crippen molar-refractivity contribution in [3.63, 3.8) is 0 Å². The van der Waals surface area contributed by atoms with Crippen molar-refractivity contribution in [3.8, 4) is 0 Å². The first kappa shape index (κ1) is 13.5. The number of nitrogens with zero attached hydrogens (tertiary/aromatic N) is 2. The van der Waals surface area contributed by atoms with Crippen LogP contribution >= 0.6 is 11.6 Å². The molecule has 0 radical (unpaired) electrons. The number of halogens is 1. The fraction of sp³-hybridized carbons (Fsp3) is 0.154. The number of ether oxygens (including phenoxy) is 1. The van der Waals surface area contributed by atoms with Gasteiger partial charge in [-0.2, -0.15) is 0 Å². The van der Waals surface area contributed by atoms with Gasteiger partial charge < -0.3 is 10.1 Å². The van der Waals surface area contributed by atoms with Crippen LogP contribution in [0.2, 0.25) is 5.28 Å². The molecule has 2 aromatic rings. The molecule has 0 fully saturated rings. The summed E-state index contributed by atoms with van der Waals surface area (Å²) in [5.74, 6) is 0.0199. The van der Waals surface area contributed by atoms with E-state index in [1.165, 1.54) is 13.3 Å². The molecule has 0 aliphatic heterocycles. The highest BCUT2D eigenvalue weighted by molar-refractivity contribution is 6.28. The summed E-state index contributed by atoms with van der Waals surface area (Å²) in [6.07, 6.45) is 0.768. The zero-order valence-electron chi connectivity index (χ0n) is 10.2. The van der Waals surface area contributed by atoms with Gasteiger partial charge in [-0.1, -0.05) is 30.3 Å². The van der Waals surface area contributed by atoms with Crippen molar-refractivity contribution in [2.75, 3.05) is 12.4 Å². The van der Waals surface area contributed by atoms with Gasteiger partial charge in [-0.15, -0.1) is 0 Å². The average Bonchev–Trinajstić information content (AvgIpc) is 2.41. The average molecular weight is 278 g/mol. The minimum Gasteiger partial charge on any atom is -0.367 e. The van der Waals surface area contributed by atoms with Crippen molar-refractivity contribution >= 4 is 23.3 Å². The molecule has 98 valence electrons. The number of aromatic nitrogens is 2. The number of hydrogen-bond acceptors (Lipinski definition) is 4. The Kier molecular flexibility index (Phi) is 4.43. The molecule has 0 saturated heterocycles. The lowest BCUT2D eigenvalue weighted by Crippen LogP contribution is -2.23. The van der Waals surface area contributed by atoms with Crippen molar-refractivity contribution in [1.82, 2.24) is 9.97 Å². The van der Waals surface area contributed by atoms with E-state index in [2.05, 4.69) is 15.3 Å². The van der Waals surface area contributed by atoms with E-state index in [9.17, 15) is 4.79 Å². The van der Waals surface area contributed by atoms with Crippen LogP contribution in [0.5, 0.6) is 0 Å². The molecule has 1 heterocycles. The second-order valence-electron chi connectivity index (χ2n) is 3.73. The van der Waals surface area contributed by atoms with E-state index in [4.69, 9.17) is 16.3 Å². The molecule has 1 amide bonds. The van der Waals surface area contributed by atoms with Crippen LogP contribution in [0.25, 0.3) is 0 Å². The van der Waals surface area contributed by atoms with Gasteiger partial charge in [0.15, 0.2) is 6.10 Å². The molecule has 0 aliphatic rings. The monoisotopic (exact) mass is 277 g/mol. The van der Waals surface area contributed by atoms with Gasteiger partial charge in [-0.25, -0.2) is 9.97 Å². The SMILES string of the molecule is COC(C(=O)Nc1ccnc(Cl)n1)c1ccccc1. The standard InChI is InChI=1S/C13H12ClN3O2/c1-19-11(9-5-3-2-4-6-9)12(18)16-10-7-8-15-13(14)17-10/h2-8,11H,1H3,(H,15,16,17,18). The third kappa shape index (κ3) is 3.49. The second-order valence-corrected chi connectivity index (χ2v) is 4.06. The number of amides is 1. The molecule has 19 heavy (non-hydrogen) atoms. The summed E-state index contributed by atoms with van der Waals surface area (Å²) in [4.78, 5) is 19.7. The summed E-state index contributed by atoms with van der Waals surface area (Å²) in [5.41, 5.74) is 0.766. The summed E-state index contributed by atoms with van der Waals surface area (Å²) in [6.45, 7) is 0. The third-order valence-corrected chi connectivity index (χ3v) is 2.64. The molecule has 1 aromatic carbocycles. The second kappa shape index (κ2) is 6.26. The van der Waals surface area contributed by atoms with Crippen LogP contribution in [-0.2, 0) is 9.53 Å². The van der Waals surface area contributed by atoms with Gasteiger partial charge in [0.05, 0.1) is 0 Å². The van der Waals surface area contributed by atoms with E-state index in [-0.39, 0.29) is 11.2 Å². The lowest BCUT2D eigenvalue weighted by Gasteiger charge is -2.15. The molecule has 1 N–H and O–H groups in total. The summed E-state index contributed by atoms with van der Waals surface area (Å²) in [7, 11) is 1.48. The van der Waals surface area contributed by atoms with Crippen molar-refractivity contribution in [2.24, 2.45) is 0 Å². The summed E-state index contributed by atoms with van der Waals surface area (Å²) < 4.78 is 5.21. The Balaban J connectivity index is 2.14. The predicted molar refractivity (Wildman–Crippen MR) is 71.9 cm³/mol. The maximum Gasteiger partial charge on any atom is 0.259 e. The molecule has 0 bridgehead atoms. The molecule has 5 nitrogen and oxygen atoms in total. The summed E-state index contributed by atoms with van der Waals surface area (Å²) in [6, 6.07) is 10.8. The molecule has 2 rings (SSSR count). The fourth-order valence-corrected chi connectivity index (χ4v) is 1.77. The summed E-state index contributed by atoms with van der Waals surface area (Å²) >= 11 is 5.65. The van der Waals surface area contributed by atoms with Crippen LogP contribution in [0, 0.1) is 0 Å². The molecule has 0 aliphatic carbocycles. The lowest BCUT2D eigenvalue weighted by molar-refractivity contribution is -0.126. The van der Waals surface area contributed by atoms with E-state index >= 15 is 0 Å². The first-order valence-corrected chi connectivity index (χ1v) is 5.95. The Labute approximate surface area is 115 Å². The highest BCUT2D eigenvalue weighted by Crippen LogP contribution is 2.18. The normalized spacial score (nSPS) is 11.9. The topological polar surface area (TPSA) is 64.1 Å². The zero-order valence-corrected chi connectivity index (χ0v) is 11.0. The van der Waals surface area contributed by atoms with Crippen LogP contribution in [0.15, 0.2) is 42.6 Å². The number of hydrogen-bond donors (Lipinski definition) is 1. The van der Waals surface area contributed by atoms with Gasteiger partial charge in [-0.05, 0) is 23.2 Å². The Morgan fingerprint density at radius 3 is 2.68 bits per heavy atom. The van der Waals surface area contributed by atoms with Gasteiger partial charge in [0.1, 0.15) is 5.82 Å². The van der Waals surface area contributed by atoms with E-state index < -0.39 is 6.10 Å². The maximum absolute atomic E-state index is 12.1. The van der Waals surface area contributed by atoms with E-state index in [0.717, 1.165) is 5.56 Å². The van der Waals surface area contributed by atoms with Crippen LogP contribution in [0.3, 0.4) is 0 Å². The van der Waals surface area contributed by atoms with Gasteiger partial charge in [0, 0.05) is 13.3 Å². The molecular formula is C13H12ClN3O2. The predicted octanol–water partition coefficient (Wildman–Crippen LogP) is 2.46. The van der Waals surface area contributed by atoms with Gasteiger partial charge in [0.2, 0.25) is 5.28 Å². The lowest BCUT2D eigenvalue weighted by atomic mass is 10.1. The number of carbonyl (C=O) groups is 1. The molecule has 1 atom stereocenters. The Bertz CT molecular complexity index is 563. The Hall–Kier alpha value is -1.98. The Morgan fingerprint density at radius 2 is 2.05 bits per heavy atom. The Morgan fingerprint density at radius 1 is 1.32 bits per heavy atom. The smallest absolute Gasteiger partial charge is 0.259 e. The number of rotatable bonds is 4. The fourth-order valence-electron chi connectivity index (χ4n) is 1.62. The largest absolute Gasteiger partial charge is 0.367 e. The highest BCUT2D eigenvalue weighted by atomic mass is 35.5. The van der Waals surface area contributed by atoms with Gasteiger partial charge in [-0.3, -0.25) is 4.79 Å². The molecule has 6 heteroatoms. The molecule has 1 aromatic heterocycles. The number of carbonyl (C=O) groups excluding carboxylic acids is 1. The van der Waals surface area contributed by atoms with E-state index in [1.807, 2.05) is 30.3 Å². The third-order valence-electron chi connectivity index (χ3n) is 2.45. The van der Waals surface area contributed by atoms with Crippen LogP contribution in [0.1, 0.15) is 11.7 Å². The first-order chi connectivity index (χ1) is 9.20. The van der Waals surface area contributed by atoms with Crippen LogP contribution < -0.4 is 5.32 Å². The van der Waals surface area contributed by atoms with Crippen LogP contribution in [0.4, 0.5) is 5.82 Å². The van der Waals surface area contributed by atoms with Gasteiger partial charge >= 0.3 is 0 Å². The van der Waals surface area contributed by atoms with Crippen molar-refractivity contribution < 1.29 is 9.53 Å². The quantitative estimate of drug-likeness (QED) is 0.872. The molecule has 1 unspecified atom stereocenters. The molecular weight excluding hydrogens is 266 g/mol. The minimum absolute atomic E-state index is 0.0754. The summed E-state index contributed by atoms with van der Waals surface area (Å²) in [5, 5.41) is 2.71.